The summed E-state index contributed by atoms with van der Waals surface area (Å²) < 4.78 is 6.71. The number of anilines is 1. The molecule has 0 atom stereocenters. The molecule has 2 aromatic carbocycles. The van der Waals surface area contributed by atoms with E-state index < -0.39 is 0 Å². The molecular weight excluding hydrogens is 396 g/mol. The highest BCUT2D eigenvalue weighted by molar-refractivity contribution is 5.85. The van der Waals surface area contributed by atoms with Crippen molar-refractivity contribution in [3.8, 4) is 34.1 Å². The Hall–Kier alpha value is -4.60. The van der Waals surface area contributed by atoms with Gasteiger partial charge in [-0.15, -0.1) is 10.2 Å². The maximum absolute atomic E-state index is 13.3. The van der Waals surface area contributed by atoms with Crippen LogP contribution in [0.15, 0.2) is 65.6 Å². The Morgan fingerprint density at radius 1 is 1.06 bits per heavy atom. The van der Waals surface area contributed by atoms with Crippen LogP contribution in [0.4, 0.5) is 5.95 Å². The fourth-order valence-electron chi connectivity index (χ4n) is 3.42. The predicted octanol–water partition coefficient (Wildman–Crippen LogP) is 2.22. The number of aromatic nitrogens is 7. The molecule has 0 radical (unpaired) electrons. The lowest BCUT2D eigenvalue weighted by Gasteiger charge is -2.11. The number of para-hydroxylation sites is 1. The molecule has 0 saturated heterocycles. The number of hydrogen-bond donors (Lipinski definition) is 2. The molecule has 5 rings (SSSR count). The zero-order valence-corrected chi connectivity index (χ0v) is 16.4. The topological polar surface area (TPSA) is 137 Å². The fraction of sp³-hybridized carbons (Fsp3) is 0.0476. The van der Waals surface area contributed by atoms with Crippen LogP contribution in [-0.4, -0.2) is 42.3 Å². The van der Waals surface area contributed by atoms with Crippen molar-refractivity contribution in [3.05, 3.63) is 71.1 Å². The number of aromatic amines is 1. The maximum Gasteiger partial charge on any atom is 0.267 e. The number of pyridine rings is 1. The minimum atomic E-state index is -0.254. The standard InChI is InChI=1S/C21H16N8O2/c1-31-19-16(18-25-27-28-26-18)10-13(11-23-19)12-7-8-17-15(9-12)20(30)29(21(22)24-17)14-5-3-2-4-6-14/h2-11H,1H3,(H2,22,24)(H,25,26,27,28). The highest BCUT2D eigenvalue weighted by Crippen LogP contribution is 2.31. The van der Waals surface area contributed by atoms with Crippen LogP contribution in [-0.2, 0) is 0 Å². The highest BCUT2D eigenvalue weighted by atomic mass is 16.5. The lowest BCUT2D eigenvalue weighted by atomic mass is 10.0. The zero-order valence-electron chi connectivity index (χ0n) is 16.4. The van der Waals surface area contributed by atoms with Crippen molar-refractivity contribution >= 4 is 16.9 Å². The molecule has 0 unspecified atom stereocenters. The maximum atomic E-state index is 13.3. The molecule has 0 aliphatic rings. The number of hydrogen-bond acceptors (Lipinski definition) is 8. The molecule has 0 bridgehead atoms. The first-order chi connectivity index (χ1) is 15.2. The van der Waals surface area contributed by atoms with E-state index in [1.807, 2.05) is 30.3 Å². The number of fused-ring (bicyclic) bond motifs is 1. The van der Waals surface area contributed by atoms with Gasteiger partial charge in [0.2, 0.25) is 17.7 Å². The quantitative estimate of drug-likeness (QED) is 0.458. The third-order valence-electron chi connectivity index (χ3n) is 4.87. The molecular formula is C21H16N8O2. The van der Waals surface area contributed by atoms with Gasteiger partial charge in [-0.05, 0) is 41.1 Å². The molecule has 10 nitrogen and oxygen atoms in total. The van der Waals surface area contributed by atoms with Crippen LogP contribution in [0.5, 0.6) is 5.88 Å². The molecule has 0 fully saturated rings. The van der Waals surface area contributed by atoms with Crippen LogP contribution in [0.3, 0.4) is 0 Å². The SMILES string of the molecule is COc1ncc(-c2ccc3nc(N)n(-c4ccccc4)c(=O)c3c2)cc1-c1nn[nH]n1. The van der Waals surface area contributed by atoms with E-state index in [1.54, 1.807) is 30.5 Å². The molecule has 0 amide bonds. The highest BCUT2D eigenvalue weighted by Gasteiger charge is 2.15. The van der Waals surface area contributed by atoms with Crippen LogP contribution in [0.2, 0.25) is 0 Å². The van der Waals surface area contributed by atoms with E-state index >= 15 is 0 Å². The number of benzene rings is 2. The number of H-pyrrole nitrogens is 1. The van der Waals surface area contributed by atoms with E-state index in [4.69, 9.17) is 10.5 Å². The average Bonchev–Trinajstić information content (AvgIpc) is 3.34. The van der Waals surface area contributed by atoms with Gasteiger partial charge >= 0.3 is 0 Å². The molecule has 3 heterocycles. The summed E-state index contributed by atoms with van der Waals surface area (Å²) in [4.78, 5) is 22.0. The van der Waals surface area contributed by atoms with Gasteiger partial charge in [-0.25, -0.2) is 14.5 Å². The molecule has 0 aliphatic heterocycles. The van der Waals surface area contributed by atoms with Crippen LogP contribution in [0, 0.1) is 0 Å². The van der Waals surface area contributed by atoms with Crippen LogP contribution in [0.25, 0.3) is 39.1 Å². The molecule has 0 aliphatic carbocycles. The van der Waals surface area contributed by atoms with Crippen LogP contribution < -0.4 is 16.0 Å². The Balaban J connectivity index is 1.69. The van der Waals surface area contributed by atoms with Gasteiger partial charge in [0.15, 0.2) is 0 Å². The summed E-state index contributed by atoms with van der Waals surface area (Å²) in [6, 6.07) is 16.4. The number of tetrazole rings is 1. The summed E-state index contributed by atoms with van der Waals surface area (Å²) >= 11 is 0. The molecule has 152 valence electrons. The Labute approximate surface area is 175 Å². The van der Waals surface area contributed by atoms with Gasteiger partial charge in [0.05, 0.1) is 29.3 Å². The number of rotatable bonds is 4. The number of nitrogen functional groups attached to an aromatic ring is 1. The van der Waals surface area contributed by atoms with Crippen molar-refractivity contribution in [1.82, 2.24) is 35.2 Å². The third-order valence-corrected chi connectivity index (χ3v) is 4.87. The van der Waals surface area contributed by atoms with Gasteiger partial charge in [0.25, 0.3) is 5.56 Å². The average molecular weight is 412 g/mol. The second kappa shape index (κ2) is 7.34. The largest absolute Gasteiger partial charge is 0.480 e. The monoisotopic (exact) mass is 412 g/mol. The van der Waals surface area contributed by atoms with Gasteiger partial charge in [0.1, 0.15) is 0 Å². The molecule has 31 heavy (non-hydrogen) atoms. The second-order valence-corrected chi connectivity index (χ2v) is 6.69. The number of nitrogens with two attached hydrogens (primary N) is 1. The lowest BCUT2D eigenvalue weighted by Crippen LogP contribution is -2.23. The summed E-state index contributed by atoms with van der Waals surface area (Å²) in [7, 11) is 1.52. The lowest BCUT2D eigenvalue weighted by molar-refractivity contribution is 0.399. The number of ether oxygens (including phenoxy) is 1. The van der Waals surface area contributed by atoms with Crippen molar-refractivity contribution in [2.45, 2.75) is 0 Å². The first-order valence-corrected chi connectivity index (χ1v) is 9.31. The van der Waals surface area contributed by atoms with E-state index in [-0.39, 0.29) is 11.5 Å². The van der Waals surface area contributed by atoms with E-state index in [1.165, 1.54) is 11.7 Å². The van der Waals surface area contributed by atoms with Crippen LogP contribution >= 0.6 is 0 Å². The summed E-state index contributed by atoms with van der Waals surface area (Å²) in [5, 5.41) is 14.5. The van der Waals surface area contributed by atoms with Gasteiger partial charge in [-0.2, -0.15) is 5.21 Å². The number of nitrogens with zero attached hydrogens (tertiary/aromatic N) is 6. The summed E-state index contributed by atoms with van der Waals surface area (Å²) in [5.74, 6) is 0.849. The minimum Gasteiger partial charge on any atom is -0.480 e. The normalized spacial score (nSPS) is 11.0. The van der Waals surface area contributed by atoms with E-state index in [9.17, 15) is 4.79 Å². The van der Waals surface area contributed by atoms with Gasteiger partial charge in [-0.3, -0.25) is 4.79 Å². The van der Waals surface area contributed by atoms with E-state index in [2.05, 4.69) is 30.6 Å². The zero-order chi connectivity index (χ0) is 21.4. The van der Waals surface area contributed by atoms with Crippen molar-refractivity contribution in [2.75, 3.05) is 12.8 Å². The summed E-state index contributed by atoms with van der Waals surface area (Å²) in [6.07, 6.45) is 1.66. The van der Waals surface area contributed by atoms with Crippen LogP contribution in [0.1, 0.15) is 0 Å². The Morgan fingerprint density at radius 3 is 2.65 bits per heavy atom. The molecule has 10 heteroatoms. The van der Waals surface area contributed by atoms with Crippen molar-refractivity contribution in [2.24, 2.45) is 0 Å². The number of nitrogens with one attached hydrogen (secondary N) is 1. The van der Waals surface area contributed by atoms with Gasteiger partial charge < -0.3 is 10.5 Å². The fourth-order valence-corrected chi connectivity index (χ4v) is 3.42. The second-order valence-electron chi connectivity index (χ2n) is 6.69. The van der Waals surface area contributed by atoms with Gasteiger partial charge in [0, 0.05) is 11.8 Å². The minimum absolute atomic E-state index is 0.127. The third kappa shape index (κ3) is 3.15. The molecule has 0 spiro atoms. The summed E-state index contributed by atoms with van der Waals surface area (Å²) in [5.41, 5.74) is 9.09. The molecule has 5 aromatic rings. The first kappa shape index (κ1) is 18.4. The van der Waals surface area contributed by atoms with Crippen molar-refractivity contribution < 1.29 is 4.74 Å². The van der Waals surface area contributed by atoms with Gasteiger partial charge in [-0.1, -0.05) is 24.3 Å². The predicted molar refractivity (Wildman–Crippen MR) is 115 cm³/mol. The smallest absolute Gasteiger partial charge is 0.267 e. The Bertz CT molecular complexity index is 1450. The van der Waals surface area contributed by atoms with Crippen molar-refractivity contribution in [1.29, 1.82) is 0 Å². The van der Waals surface area contributed by atoms with Crippen molar-refractivity contribution in [3.63, 3.8) is 0 Å². The molecule has 0 saturated carbocycles. The molecule has 3 N–H and O–H groups in total. The summed E-state index contributed by atoms with van der Waals surface area (Å²) in [6.45, 7) is 0. The van der Waals surface area contributed by atoms with E-state index in [0.29, 0.717) is 33.9 Å². The number of methoxy groups -OCH3 is 1. The Kier molecular flexibility index (Phi) is 4.36. The Morgan fingerprint density at radius 2 is 1.90 bits per heavy atom. The first-order valence-electron chi connectivity index (χ1n) is 9.31. The molecule has 3 aromatic heterocycles. The van der Waals surface area contributed by atoms with E-state index in [0.717, 1.165) is 11.1 Å².